The Morgan fingerprint density at radius 1 is 0.957 bits per heavy atom. The molecule has 0 aliphatic rings. The average Bonchev–Trinajstić information content (AvgIpc) is 2.95. The molecule has 23 heavy (non-hydrogen) atoms. The second kappa shape index (κ2) is 6.53. The number of rotatable bonds is 4. The van der Waals surface area contributed by atoms with Gasteiger partial charge in [0.25, 0.3) is 5.69 Å². The van der Waals surface area contributed by atoms with Crippen molar-refractivity contribution >= 4 is 12.2 Å². The predicted molar refractivity (Wildman–Crippen MR) is 92.0 cm³/mol. The van der Waals surface area contributed by atoms with Crippen molar-refractivity contribution in [3.8, 4) is 17.1 Å². The summed E-state index contributed by atoms with van der Waals surface area (Å²) in [5.41, 5.74) is 4.47. The lowest BCUT2D eigenvalue weighted by Gasteiger charge is -1.98. The molecular weight excluding hydrogens is 286 g/mol. The van der Waals surface area contributed by atoms with Crippen LogP contribution in [-0.4, -0.2) is 7.11 Å². The smallest absolute Gasteiger partial charge is 0.255 e. The fourth-order valence-electron chi connectivity index (χ4n) is 2.36. The van der Waals surface area contributed by atoms with Gasteiger partial charge in [-0.1, -0.05) is 29.8 Å². The van der Waals surface area contributed by atoms with Crippen molar-refractivity contribution in [3.63, 3.8) is 0 Å². The van der Waals surface area contributed by atoms with Crippen molar-refractivity contribution in [1.82, 2.24) is 0 Å². The molecule has 0 saturated heterocycles. The minimum Gasteiger partial charge on any atom is -0.497 e. The molecule has 0 atom stereocenters. The molecule has 0 aliphatic carbocycles. The van der Waals surface area contributed by atoms with Crippen molar-refractivity contribution < 1.29 is 14.0 Å². The second-order valence-electron chi connectivity index (χ2n) is 5.49. The molecule has 1 aromatic heterocycles. The molecule has 0 aliphatic heterocycles. The van der Waals surface area contributed by atoms with Crippen LogP contribution < -0.4 is 9.48 Å². The number of hydrogen-bond donors (Lipinski definition) is 0. The molecule has 3 rings (SSSR count). The van der Waals surface area contributed by atoms with Crippen molar-refractivity contribution in [1.29, 1.82) is 0 Å². The van der Waals surface area contributed by atoms with E-state index in [0.717, 1.165) is 22.8 Å². The van der Waals surface area contributed by atoms with E-state index in [1.165, 1.54) is 11.1 Å². The zero-order valence-corrected chi connectivity index (χ0v) is 13.6. The first kappa shape index (κ1) is 15.1. The van der Waals surface area contributed by atoms with E-state index in [2.05, 4.69) is 43.3 Å². The largest absolute Gasteiger partial charge is 0.497 e. The number of ether oxygens (including phenoxy) is 1. The Bertz CT molecular complexity index is 812. The van der Waals surface area contributed by atoms with Crippen LogP contribution in [0.25, 0.3) is 23.5 Å². The Kier molecular flexibility index (Phi) is 4.29. The van der Waals surface area contributed by atoms with E-state index >= 15 is 0 Å². The lowest BCUT2D eigenvalue weighted by Crippen LogP contribution is -2.27. The number of methoxy groups -OCH3 is 1. The third-order valence-electron chi connectivity index (χ3n) is 3.78. The number of hydrogen-bond acceptors (Lipinski definition) is 2. The summed E-state index contributed by atoms with van der Waals surface area (Å²) in [5.74, 6) is 1.67. The Morgan fingerprint density at radius 2 is 1.65 bits per heavy atom. The first-order valence-electron chi connectivity index (χ1n) is 7.55. The molecule has 2 aromatic carbocycles. The number of nitrogens with zero attached hydrogens (tertiary/aromatic N) is 1. The quantitative estimate of drug-likeness (QED) is 0.673. The van der Waals surface area contributed by atoms with Crippen LogP contribution >= 0.6 is 0 Å². The molecule has 0 saturated carbocycles. The molecule has 3 nitrogen and oxygen atoms in total. The summed E-state index contributed by atoms with van der Waals surface area (Å²) >= 11 is 0. The van der Waals surface area contributed by atoms with E-state index in [-0.39, 0.29) is 0 Å². The first-order valence-corrected chi connectivity index (χ1v) is 7.55. The summed E-state index contributed by atoms with van der Waals surface area (Å²) in [7, 11) is 3.57. The summed E-state index contributed by atoms with van der Waals surface area (Å²) < 4.78 is 12.8. The maximum Gasteiger partial charge on any atom is 0.255 e. The van der Waals surface area contributed by atoms with Crippen LogP contribution in [0.2, 0.25) is 0 Å². The van der Waals surface area contributed by atoms with Gasteiger partial charge in [-0.2, -0.15) is 0 Å². The fraction of sp³-hybridized carbons (Fsp3) is 0.150. The Balaban J connectivity index is 1.84. The number of aryl methyl sites for hydroxylation is 2. The molecule has 0 radical (unpaired) electrons. The standard InChI is InChI=1S/C20H20NO2/c1-15-4-6-16(7-5-15)8-11-18-14-20(23-21(18)2)17-9-12-19(22-3)13-10-17/h4-14H,1-3H3/q+1/b11-8+. The maximum absolute atomic E-state index is 5.81. The SMILES string of the molecule is COc1ccc(-c2cc(/C=C/c3ccc(C)cc3)[n+](C)o2)cc1. The van der Waals surface area contributed by atoms with Crippen molar-refractivity contribution in [2.45, 2.75) is 6.92 Å². The summed E-state index contributed by atoms with van der Waals surface area (Å²) in [5, 5.41) is 0. The van der Waals surface area contributed by atoms with Gasteiger partial charge in [0.2, 0.25) is 5.76 Å². The highest BCUT2D eigenvalue weighted by atomic mass is 16.5. The Labute approximate surface area is 136 Å². The molecule has 0 fully saturated rings. The van der Waals surface area contributed by atoms with Gasteiger partial charge in [0.15, 0.2) is 7.05 Å². The zero-order chi connectivity index (χ0) is 16.2. The van der Waals surface area contributed by atoms with Gasteiger partial charge in [0, 0.05) is 11.6 Å². The van der Waals surface area contributed by atoms with Crippen LogP contribution in [0.15, 0.2) is 59.1 Å². The van der Waals surface area contributed by atoms with E-state index < -0.39 is 0 Å². The summed E-state index contributed by atoms with van der Waals surface area (Å²) in [6.07, 6.45) is 4.14. The molecular formula is C20H20NO2+. The zero-order valence-electron chi connectivity index (χ0n) is 13.6. The average molecular weight is 306 g/mol. The molecule has 1 heterocycles. The van der Waals surface area contributed by atoms with Gasteiger partial charge in [-0.15, -0.1) is 0 Å². The van der Waals surface area contributed by atoms with Gasteiger partial charge in [0.05, 0.1) is 13.2 Å². The third kappa shape index (κ3) is 3.51. The number of aromatic nitrogens is 1. The minimum absolute atomic E-state index is 0.832. The van der Waals surface area contributed by atoms with Crippen LogP contribution in [0, 0.1) is 6.92 Å². The van der Waals surface area contributed by atoms with E-state index in [4.69, 9.17) is 9.26 Å². The van der Waals surface area contributed by atoms with Gasteiger partial charge in [0.1, 0.15) is 5.75 Å². The van der Waals surface area contributed by atoms with Crippen LogP contribution in [0.4, 0.5) is 0 Å². The van der Waals surface area contributed by atoms with Crippen LogP contribution in [0.1, 0.15) is 16.8 Å². The van der Waals surface area contributed by atoms with E-state index in [1.807, 2.05) is 37.4 Å². The minimum atomic E-state index is 0.832. The molecule has 0 unspecified atom stereocenters. The van der Waals surface area contributed by atoms with E-state index in [9.17, 15) is 0 Å². The molecule has 0 bridgehead atoms. The lowest BCUT2D eigenvalue weighted by atomic mass is 10.1. The topological polar surface area (TPSA) is 26.2 Å². The molecule has 116 valence electrons. The highest BCUT2D eigenvalue weighted by Crippen LogP contribution is 2.23. The van der Waals surface area contributed by atoms with Gasteiger partial charge in [-0.3, -0.25) is 0 Å². The van der Waals surface area contributed by atoms with Gasteiger partial charge in [-0.25, -0.2) is 4.52 Å². The Morgan fingerprint density at radius 3 is 2.30 bits per heavy atom. The molecule has 3 aromatic rings. The highest BCUT2D eigenvalue weighted by Gasteiger charge is 2.14. The maximum atomic E-state index is 5.81. The summed E-state index contributed by atoms with van der Waals surface area (Å²) in [6, 6.07) is 18.3. The third-order valence-corrected chi connectivity index (χ3v) is 3.78. The summed E-state index contributed by atoms with van der Waals surface area (Å²) in [4.78, 5) is 0. The van der Waals surface area contributed by atoms with Gasteiger partial charge in [-0.05, 0) is 47.6 Å². The molecule has 0 N–H and O–H groups in total. The normalized spacial score (nSPS) is 11.1. The van der Waals surface area contributed by atoms with Crippen LogP contribution in [0.3, 0.4) is 0 Å². The predicted octanol–water partition coefficient (Wildman–Crippen LogP) is 4.26. The van der Waals surface area contributed by atoms with Crippen molar-refractivity contribution in [2.75, 3.05) is 7.11 Å². The lowest BCUT2D eigenvalue weighted by molar-refractivity contribution is -0.844. The fourth-order valence-corrected chi connectivity index (χ4v) is 2.36. The van der Waals surface area contributed by atoms with Crippen LogP contribution in [-0.2, 0) is 7.05 Å². The molecule has 0 amide bonds. The second-order valence-corrected chi connectivity index (χ2v) is 5.49. The van der Waals surface area contributed by atoms with Crippen LogP contribution in [0.5, 0.6) is 5.75 Å². The van der Waals surface area contributed by atoms with Crippen molar-refractivity contribution in [2.24, 2.45) is 7.05 Å². The first-order chi connectivity index (χ1) is 11.2. The van der Waals surface area contributed by atoms with Crippen molar-refractivity contribution in [3.05, 3.63) is 71.4 Å². The monoisotopic (exact) mass is 306 g/mol. The highest BCUT2D eigenvalue weighted by molar-refractivity contribution is 5.69. The van der Waals surface area contributed by atoms with E-state index in [1.54, 1.807) is 11.8 Å². The Hall–Kier alpha value is -2.81. The van der Waals surface area contributed by atoms with Gasteiger partial charge < -0.3 is 4.74 Å². The number of benzene rings is 2. The molecule has 3 heteroatoms. The van der Waals surface area contributed by atoms with Gasteiger partial charge >= 0.3 is 0 Å². The summed E-state index contributed by atoms with van der Waals surface area (Å²) in [6.45, 7) is 2.09. The molecule has 0 spiro atoms. The van der Waals surface area contributed by atoms with E-state index in [0.29, 0.717) is 0 Å².